The molecule has 54 heavy (non-hydrogen) atoms. The van der Waals surface area contributed by atoms with Gasteiger partial charge < -0.3 is 19.3 Å². The van der Waals surface area contributed by atoms with Crippen LogP contribution in [0.1, 0.15) is 55.0 Å². The van der Waals surface area contributed by atoms with Crippen molar-refractivity contribution in [3.8, 4) is 0 Å². The summed E-state index contributed by atoms with van der Waals surface area (Å²) in [5, 5.41) is 10.8. The number of alkyl halides is 3. The van der Waals surface area contributed by atoms with Crippen LogP contribution in [0.3, 0.4) is 0 Å². The van der Waals surface area contributed by atoms with Crippen LogP contribution in [0.5, 0.6) is 0 Å². The van der Waals surface area contributed by atoms with E-state index in [0.717, 1.165) is 18.3 Å². The summed E-state index contributed by atoms with van der Waals surface area (Å²) in [5.74, 6) is -2.68. The SMILES string of the molecule is COC(=O)c1ccc(Br)nc1.COC(=O)c1ccc(N(c2ccc(C(C)C(O)(c3ccnc(Cl)c3)C(F)(F)F)c(Cl)c2)c2ccc(C(=O)OC)cn2)nc1. The molecule has 5 aromatic rings. The molecule has 0 radical (unpaired) electrons. The number of methoxy groups -OCH3 is 3. The number of ether oxygens (including phenoxy) is 3. The largest absolute Gasteiger partial charge is 0.465 e. The second-order valence-electron chi connectivity index (χ2n) is 11.0. The lowest BCUT2D eigenvalue weighted by Gasteiger charge is -2.37. The predicted octanol–water partition coefficient (Wildman–Crippen LogP) is 8.41. The van der Waals surface area contributed by atoms with Crippen molar-refractivity contribution >= 4 is 74.4 Å². The fourth-order valence-electron chi connectivity index (χ4n) is 5.04. The van der Waals surface area contributed by atoms with Crippen LogP contribution in [-0.4, -0.2) is 70.5 Å². The zero-order chi connectivity index (χ0) is 39.8. The van der Waals surface area contributed by atoms with Crippen molar-refractivity contribution in [2.24, 2.45) is 0 Å². The van der Waals surface area contributed by atoms with Gasteiger partial charge in [-0.05, 0) is 87.7 Å². The molecule has 0 aliphatic carbocycles. The van der Waals surface area contributed by atoms with Gasteiger partial charge in [-0.15, -0.1) is 0 Å². The lowest BCUT2D eigenvalue weighted by Crippen LogP contribution is -2.46. The van der Waals surface area contributed by atoms with Crippen LogP contribution < -0.4 is 4.90 Å². The number of carbonyl (C=O) groups is 3. The molecule has 2 atom stereocenters. The Kier molecular flexibility index (Phi) is 13.7. The Morgan fingerprint density at radius 2 is 1.24 bits per heavy atom. The lowest BCUT2D eigenvalue weighted by atomic mass is 9.78. The van der Waals surface area contributed by atoms with Crippen LogP contribution in [0, 0.1) is 0 Å². The highest BCUT2D eigenvalue weighted by atomic mass is 79.9. The maximum Gasteiger partial charge on any atom is 0.422 e. The molecule has 1 N–H and O–H groups in total. The molecular formula is C36H29BrCl2F3N5O7. The van der Waals surface area contributed by atoms with Gasteiger partial charge in [0, 0.05) is 35.7 Å². The first-order valence-corrected chi connectivity index (χ1v) is 16.9. The first-order chi connectivity index (χ1) is 25.5. The predicted molar refractivity (Wildman–Crippen MR) is 195 cm³/mol. The minimum Gasteiger partial charge on any atom is -0.465 e. The van der Waals surface area contributed by atoms with Crippen molar-refractivity contribution in [2.45, 2.75) is 24.6 Å². The zero-order valence-electron chi connectivity index (χ0n) is 28.6. The third-order valence-corrected chi connectivity index (χ3v) is 8.88. The number of hydrogen-bond donors (Lipinski definition) is 1. The van der Waals surface area contributed by atoms with Gasteiger partial charge in [0.25, 0.3) is 0 Å². The topological polar surface area (TPSA) is 154 Å². The number of aromatic nitrogens is 4. The fourth-order valence-corrected chi connectivity index (χ4v) is 5.79. The molecule has 18 heteroatoms. The minimum atomic E-state index is -5.11. The molecule has 0 fully saturated rings. The summed E-state index contributed by atoms with van der Waals surface area (Å²) < 4.78 is 57.9. The first-order valence-electron chi connectivity index (χ1n) is 15.3. The Hall–Kier alpha value is -5.16. The molecule has 0 saturated carbocycles. The maximum absolute atomic E-state index is 14.4. The fraction of sp³-hybridized carbons (Fsp3) is 0.194. The molecule has 282 valence electrons. The normalized spacial score (nSPS) is 12.6. The first kappa shape index (κ1) is 41.6. The number of esters is 3. The second-order valence-corrected chi connectivity index (χ2v) is 12.7. The smallest absolute Gasteiger partial charge is 0.422 e. The average molecular weight is 851 g/mol. The number of halogens is 6. The second kappa shape index (κ2) is 17.8. The van der Waals surface area contributed by atoms with Crippen molar-refractivity contribution < 1.29 is 46.9 Å². The van der Waals surface area contributed by atoms with E-state index in [9.17, 15) is 32.7 Å². The Morgan fingerprint density at radius 3 is 1.63 bits per heavy atom. The number of aliphatic hydroxyl groups is 1. The number of carbonyl (C=O) groups excluding carboxylic acids is 3. The molecule has 4 aromatic heterocycles. The number of pyridine rings is 4. The number of anilines is 3. The Labute approximate surface area is 325 Å². The van der Waals surface area contributed by atoms with Gasteiger partial charge in [-0.25, -0.2) is 34.3 Å². The van der Waals surface area contributed by atoms with Crippen molar-refractivity contribution in [3.05, 3.63) is 134 Å². The summed E-state index contributed by atoms with van der Waals surface area (Å²) in [6, 6.07) is 15.4. The van der Waals surface area contributed by atoms with Gasteiger partial charge in [0.15, 0.2) is 5.60 Å². The molecule has 4 heterocycles. The van der Waals surface area contributed by atoms with Crippen LogP contribution >= 0.6 is 39.1 Å². The molecule has 0 aliphatic rings. The van der Waals surface area contributed by atoms with Crippen molar-refractivity contribution in [1.82, 2.24) is 19.9 Å². The van der Waals surface area contributed by atoms with E-state index in [1.807, 2.05) is 0 Å². The third-order valence-electron chi connectivity index (χ3n) is 7.88. The van der Waals surface area contributed by atoms with E-state index < -0.39 is 35.2 Å². The number of hydrogen-bond acceptors (Lipinski definition) is 12. The Morgan fingerprint density at radius 1 is 0.741 bits per heavy atom. The lowest BCUT2D eigenvalue weighted by molar-refractivity contribution is -0.274. The van der Waals surface area contributed by atoms with Gasteiger partial charge in [-0.1, -0.05) is 36.2 Å². The van der Waals surface area contributed by atoms with Gasteiger partial charge in [0.2, 0.25) is 0 Å². The molecule has 0 aliphatic heterocycles. The summed E-state index contributed by atoms with van der Waals surface area (Å²) in [7, 11) is 3.79. The third kappa shape index (κ3) is 9.31. The highest BCUT2D eigenvalue weighted by Gasteiger charge is 2.59. The van der Waals surface area contributed by atoms with Gasteiger partial charge >= 0.3 is 24.1 Å². The van der Waals surface area contributed by atoms with E-state index in [2.05, 4.69) is 40.6 Å². The summed E-state index contributed by atoms with van der Waals surface area (Å²) in [6.07, 6.45) is -0.0328. The summed E-state index contributed by atoms with van der Waals surface area (Å²) in [5.41, 5.74) is -2.76. The van der Waals surface area contributed by atoms with Crippen molar-refractivity contribution in [3.63, 3.8) is 0 Å². The van der Waals surface area contributed by atoms with Crippen LogP contribution in [0.4, 0.5) is 30.5 Å². The molecule has 0 amide bonds. The zero-order valence-corrected chi connectivity index (χ0v) is 31.7. The van der Waals surface area contributed by atoms with E-state index >= 15 is 0 Å². The van der Waals surface area contributed by atoms with Crippen LogP contribution in [0.25, 0.3) is 0 Å². The monoisotopic (exact) mass is 849 g/mol. The van der Waals surface area contributed by atoms with E-state index in [0.29, 0.717) is 15.9 Å². The summed E-state index contributed by atoms with van der Waals surface area (Å²) in [4.78, 5) is 52.4. The molecule has 0 spiro atoms. The van der Waals surface area contributed by atoms with E-state index in [4.69, 9.17) is 32.7 Å². The molecule has 0 saturated heterocycles. The Bertz CT molecular complexity index is 2050. The molecule has 2 unspecified atom stereocenters. The highest BCUT2D eigenvalue weighted by Crippen LogP contribution is 2.50. The molecule has 5 rings (SSSR count). The molecule has 0 bridgehead atoms. The quantitative estimate of drug-likeness (QED) is 0.0861. The molecule has 12 nitrogen and oxygen atoms in total. The van der Waals surface area contributed by atoms with E-state index in [-0.39, 0.29) is 44.5 Å². The van der Waals surface area contributed by atoms with Crippen molar-refractivity contribution in [1.29, 1.82) is 0 Å². The number of benzene rings is 1. The highest BCUT2D eigenvalue weighted by molar-refractivity contribution is 9.10. The average Bonchev–Trinajstić information content (AvgIpc) is 3.17. The van der Waals surface area contributed by atoms with Gasteiger partial charge in [-0.3, -0.25) is 4.90 Å². The van der Waals surface area contributed by atoms with Gasteiger partial charge in [-0.2, -0.15) is 13.2 Å². The summed E-state index contributed by atoms with van der Waals surface area (Å²) >= 11 is 15.6. The number of nitrogens with zero attached hydrogens (tertiary/aromatic N) is 5. The van der Waals surface area contributed by atoms with Gasteiger partial charge in [0.05, 0.1) is 43.7 Å². The van der Waals surface area contributed by atoms with Crippen LogP contribution in [-0.2, 0) is 19.8 Å². The maximum atomic E-state index is 14.4. The molecule has 1 aromatic carbocycles. The molecular weight excluding hydrogens is 822 g/mol. The standard InChI is InChI=1S/C29H23Cl2F3N4O5.C7H6BrNO2/c1-16(28(41,29(32,33)34)19-10-11-35-23(31)12-19)21-7-6-20(13-22(21)30)38(24-8-4-17(14-36-24)26(39)42-2)25-9-5-18(15-37-25)27(40)43-3;1-11-7(10)5-2-3-6(8)9-4-5/h4-16,41H,1-3H3;2-4H,1H3. The van der Waals surface area contributed by atoms with Crippen molar-refractivity contribution in [2.75, 3.05) is 26.2 Å². The number of rotatable bonds is 9. The van der Waals surface area contributed by atoms with E-state index in [1.165, 1.54) is 94.2 Å². The minimum absolute atomic E-state index is 0.0128. The van der Waals surface area contributed by atoms with Crippen LogP contribution in [0.2, 0.25) is 10.2 Å². The van der Waals surface area contributed by atoms with Gasteiger partial charge in [0.1, 0.15) is 21.4 Å². The van der Waals surface area contributed by atoms with Crippen LogP contribution in [0.15, 0.2) is 96.1 Å². The Balaban J connectivity index is 0.000000506. The summed E-state index contributed by atoms with van der Waals surface area (Å²) in [6.45, 7) is 1.20. The van der Waals surface area contributed by atoms with E-state index in [1.54, 1.807) is 12.1 Å².